The number of esters is 1. The molecule has 1 heterocycles. The summed E-state index contributed by atoms with van der Waals surface area (Å²) in [6.45, 7) is 1.89. The van der Waals surface area contributed by atoms with Gasteiger partial charge in [0.05, 0.1) is 38.5 Å². The third-order valence-electron chi connectivity index (χ3n) is 4.34. The van der Waals surface area contributed by atoms with E-state index in [1.807, 2.05) is 0 Å². The third-order valence-corrected chi connectivity index (χ3v) is 5.36. The van der Waals surface area contributed by atoms with Crippen LogP contribution in [0.1, 0.15) is 12.5 Å². The van der Waals surface area contributed by atoms with Crippen molar-refractivity contribution in [1.29, 1.82) is 0 Å². The Morgan fingerprint density at radius 1 is 1.00 bits per heavy atom. The molecule has 3 rings (SSSR count). The maximum absolute atomic E-state index is 12.5. The number of aliphatic imine (C=N–C) groups is 1. The second kappa shape index (κ2) is 10.1. The van der Waals surface area contributed by atoms with Gasteiger partial charge < -0.3 is 24.1 Å². The van der Waals surface area contributed by atoms with Gasteiger partial charge in [0.15, 0.2) is 0 Å². The summed E-state index contributed by atoms with van der Waals surface area (Å²) >= 11 is 1.18. The Morgan fingerprint density at radius 2 is 1.61 bits per heavy atom. The predicted octanol–water partition coefficient (Wildman–Crippen LogP) is 4.91. The van der Waals surface area contributed by atoms with E-state index in [9.17, 15) is 9.90 Å². The highest BCUT2D eigenvalue weighted by atomic mass is 32.2. The van der Waals surface area contributed by atoms with Crippen LogP contribution < -0.4 is 14.2 Å². The maximum Gasteiger partial charge on any atom is 0.344 e. The molecular formula is C23H23NO6S. The van der Waals surface area contributed by atoms with E-state index in [0.717, 1.165) is 5.56 Å². The summed E-state index contributed by atoms with van der Waals surface area (Å²) in [5.74, 6) is 1.09. The molecule has 1 N–H and O–H groups in total. The van der Waals surface area contributed by atoms with Gasteiger partial charge in [-0.1, -0.05) is 11.8 Å². The van der Waals surface area contributed by atoms with E-state index in [1.165, 1.54) is 11.8 Å². The summed E-state index contributed by atoms with van der Waals surface area (Å²) in [7, 11) is 4.70. The van der Waals surface area contributed by atoms with E-state index in [2.05, 4.69) is 4.99 Å². The van der Waals surface area contributed by atoms with Crippen LogP contribution in [0.3, 0.4) is 0 Å². The molecule has 0 amide bonds. The van der Waals surface area contributed by atoms with Gasteiger partial charge in [-0.15, -0.1) is 0 Å². The summed E-state index contributed by atoms with van der Waals surface area (Å²) in [4.78, 5) is 17.5. The smallest absolute Gasteiger partial charge is 0.344 e. The van der Waals surface area contributed by atoms with E-state index < -0.39 is 5.97 Å². The van der Waals surface area contributed by atoms with Crippen LogP contribution in [0.5, 0.6) is 17.2 Å². The molecular weight excluding hydrogens is 418 g/mol. The maximum atomic E-state index is 12.5. The Hall–Kier alpha value is -3.39. The molecule has 31 heavy (non-hydrogen) atoms. The molecule has 8 heteroatoms. The van der Waals surface area contributed by atoms with Gasteiger partial charge in [-0.05, 0) is 55.0 Å². The number of hydrogen-bond acceptors (Lipinski definition) is 8. The van der Waals surface area contributed by atoms with Crippen molar-refractivity contribution in [2.24, 2.45) is 4.99 Å². The van der Waals surface area contributed by atoms with Crippen LogP contribution in [0.2, 0.25) is 0 Å². The molecule has 0 aliphatic carbocycles. The Labute approximate surface area is 185 Å². The van der Waals surface area contributed by atoms with Crippen molar-refractivity contribution in [2.75, 3.05) is 27.9 Å². The second-order valence-electron chi connectivity index (χ2n) is 6.32. The summed E-state index contributed by atoms with van der Waals surface area (Å²) in [6.07, 6.45) is 1.74. The molecule has 0 spiro atoms. The number of aliphatic hydroxyl groups is 1. The Kier molecular flexibility index (Phi) is 7.25. The molecule has 2 aromatic rings. The van der Waals surface area contributed by atoms with Crippen molar-refractivity contribution in [3.63, 3.8) is 0 Å². The number of ether oxygens (including phenoxy) is 4. The monoisotopic (exact) mass is 441 g/mol. The van der Waals surface area contributed by atoms with Crippen molar-refractivity contribution >= 4 is 34.5 Å². The minimum Gasteiger partial charge on any atom is -0.506 e. The van der Waals surface area contributed by atoms with Crippen molar-refractivity contribution in [3.05, 3.63) is 64.3 Å². The Bertz CT molecular complexity index is 1030. The van der Waals surface area contributed by atoms with Crippen molar-refractivity contribution in [3.8, 4) is 17.2 Å². The van der Waals surface area contributed by atoms with Gasteiger partial charge in [-0.25, -0.2) is 9.79 Å². The Balaban J connectivity index is 2.04. The fourth-order valence-electron chi connectivity index (χ4n) is 2.83. The lowest BCUT2D eigenvalue weighted by Gasteiger charge is -2.06. The Morgan fingerprint density at radius 3 is 2.16 bits per heavy atom. The lowest BCUT2D eigenvalue weighted by molar-refractivity contribution is -0.138. The van der Waals surface area contributed by atoms with Crippen molar-refractivity contribution in [2.45, 2.75) is 6.92 Å². The van der Waals surface area contributed by atoms with Crippen LogP contribution in [0, 0.1) is 0 Å². The van der Waals surface area contributed by atoms with Crippen LogP contribution in [0.25, 0.3) is 6.08 Å². The number of carbonyl (C=O) groups is 1. The van der Waals surface area contributed by atoms with Crippen molar-refractivity contribution in [1.82, 2.24) is 0 Å². The van der Waals surface area contributed by atoms with E-state index in [0.29, 0.717) is 32.9 Å². The first-order chi connectivity index (χ1) is 15.0. The SMILES string of the molecule is CCOC(=O)C1=C(O)/C(=C\c2cc(OC)cc(OC)c2)SC1=Nc1ccc(OC)cc1. The van der Waals surface area contributed by atoms with Crippen LogP contribution in [-0.2, 0) is 9.53 Å². The lowest BCUT2D eigenvalue weighted by atomic mass is 10.1. The fourth-order valence-corrected chi connectivity index (χ4v) is 3.87. The number of benzene rings is 2. The second-order valence-corrected chi connectivity index (χ2v) is 7.35. The molecule has 2 aromatic carbocycles. The molecule has 0 atom stereocenters. The average Bonchev–Trinajstić information content (AvgIpc) is 3.08. The first-order valence-corrected chi connectivity index (χ1v) is 10.3. The standard InChI is InChI=1S/C23H23NO6S/c1-5-30-23(26)20-21(25)19(12-14-10-17(28-3)13-18(11-14)29-4)31-22(20)24-15-6-8-16(27-2)9-7-15/h6-13,25H,5H2,1-4H3/b19-12+,24-22?. The van der Waals surface area contributed by atoms with Gasteiger partial charge in [0.25, 0.3) is 0 Å². The molecule has 0 saturated carbocycles. The van der Waals surface area contributed by atoms with Crippen molar-refractivity contribution < 1.29 is 28.8 Å². The van der Waals surface area contributed by atoms with Crippen LogP contribution in [-0.4, -0.2) is 44.1 Å². The summed E-state index contributed by atoms with van der Waals surface area (Å²) in [5, 5.41) is 11.2. The van der Waals surface area contributed by atoms with Gasteiger partial charge in [0.2, 0.25) is 0 Å². The number of thioether (sulfide) groups is 1. The summed E-state index contributed by atoms with van der Waals surface area (Å²) in [5.41, 5.74) is 1.38. The minimum atomic E-state index is -0.633. The number of methoxy groups -OCH3 is 3. The van der Waals surface area contributed by atoms with Crippen LogP contribution in [0.15, 0.2) is 63.7 Å². The summed E-state index contributed by atoms with van der Waals surface area (Å²) < 4.78 is 20.9. The first kappa shape index (κ1) is 22.3. The number of hydrogen-bond donors (Lipinski definition) is 1. The van der Waals surface area contributed by atoms with E-state index in [4.69, 9.17) is 18.9 Å². The molecule has 162 valence electrons. The highest BCUT2D eigenvalue weighted by Crippen LogP contribution is 2.41. The molecule has 0 radical (unpaired) electrons. The van der Waals surface area contributed by atoms with Gasteiger partial charge in [0.1, 0.15) is 33.6 Å². The number of nitrogens with zero attached hydrogens (tertiary/aromatic N) is 1. The molecule has 0 aromatic heterocycles. The predicted molar refractivity (Wildman–Crippen MR) is 121 cm³/mol. The largest absolute Gasteiger partial charge is 0.506 e. The zero-order valence-electron chi connectivity index (χ0n) is 17.7. The quantitative estimate of drug-likeness (QED) is 0.611. The zero-order valence-corrected chi connectivity index (χ0v) is 18.5. The van der Waals surface area contributed by atoms with E-state index >= 15 is 0 Å². The first-order valence-electron chi connectivity index (χ1n) is 9.45. The van der Waals surface area contributed by atoms with E-state index in [1.54, 1.807) is 76.8 Å². The van der Waals surface area contributed by atoms with E-state index in [-0.39, 0.29) is 17.9 Å². The minimum absolute atomic E-state index is 0.0313. The number of rotatable bonds is 7. The van der Waals surface area contributed by atoms with Gasteiger partial charge in [-0.3, -0.25) is 0 Å². The van der Waals surface area contributed by atoms with Crippen LogP contribution >= 0.6 is 11.8 Å². The van der Waals surface area contributed by atoms with Gasteiger partial charge in [-0.2, -0.15) is 0 Å². The highest BCUT2D eigenvalue weighted by molar-refractivity contribution is 8.18. The van der Waals surface area contributed by atoms with Gasteiger partial charge in [0, 0.05) is 6.07 Å². The molecule has 1 aliphatic heterocycles. The molecule has 0 unspecified atom stereocenters. The summed E-state index contributed by atoms with van der Waals surface area (Å²) in [6, 6.07) is 12.4. The van der Waals surface area contributed by atoms with Gasteiger partial charge >= 0.3 is 5.97 Å². The van der Waals surface area contributed by atoms with Crippen LogP contribution in [0.4, 0.5) is 5.69 Å². The number of carbonyl (C=O) groups excluding carboxylic acids is 1. The third kappa shape index (κ3) is 5.21. The lowest BCUT2D eigenvalue weighted by Crippen LogP contribution is -2.12. The normalized spacial score (nSPS) is 16.0. The molecule has 7 nitrogen and oxygen atoms in total. The zero-order chi connectivity index (χ0) is 22.4. The molecule has 0 saturated heterocycles. The number of aliphatic hydroxyl groups excluding tert-OH is 1. The average molecular weight is 442 g/mol. The fraction of sp³-hybridized carbons (Fsp3) is 0.217. The topological polar surface area (TPSA) is 86.6 Å². The highest BCUT2D eigenvalue weighted by Gasteiger charge is 2.33. The molecule has 1 aliphatic rings. The molecule has 0 fully saturated rings. The molecule has 0 bridgehead atoms.